The van der Waals surface area contributed by atoms with Crippen LogP contribution < -0.4 is 5.73 Å². The van der Waals surface area contributed by atoms with Crippen molar-refractivity contribution in [2.75, 3.05) is 12.8 Å². The zero-order chi connectivity index (χ0) is 14.2. The van der Waals surface area contributed by atoms with Crippen molar-refractivity contribution in [1.29, 1.82) is 0 Å². The van der Waals surface area contributed by atoms with Crippen molar-refractivity contribution in [3.8, 4) is 11.1 Å². The lowest BCUT2D eigenvalue weighted by atomic mass is 9.76. The van der Waals surface area contributed by atoms with Gasteiger partial charge in [-0.1, -0.05) is 23.4 Å². The molecule has 2 aromatic rings. The van der Waals surface area contributed by atoms with Gasteiger partial charge >= 0.3 is 0 Å². The highest BCUT2D eigenvalue weighted by Gasteiger charge is 2.39. The normalized spacial score (nSPS) is 16.9. The zero-order valence-electron chi connectivity index (χ0n) is 11.4. The highest BCUT2D eigenvalue weighted by molar-refractivity contribution is 5.75. The summed E-state index contributed by atoms with van der Waals surface area (Å²) in [5.41, 5.74) is 7.25. The predicted octanol–water partition coefficient (Wildman–Crippen LogP) is 3.17. The van der Waals surface area contributed by atoms with Crippen LogP contribution in [0.15, 0.2) is 28.8 Å². The molecular formula is C15H17FN2O2. The Morgan fingerprint density at radius 1 is 1.40 bits per heavy atom. The van der Waals surface area contributed by atoms with Gasteiger partial charge < -0.3 is 15.0 Å². The fraction of sp³-hybridized carbons (Fsp3) is 0.400. The van der Waals surface area contributed by atoms with Gasteiger partial charge in [-0.15, -0.1) is 0 Å². The summed E-state index contributed by atoms with van der Waals surface area (Å²) >= 11 is 0. The number of nitrogen functional groups attached to an aromatic ring is 1. The third-order valence-electron chi connectivity index (χ3n) is 4.12. The molecule has 5 heteroatoms. The Bertz CT molecular complexity index is 615. The second kappa shape index (κ2) is 4.90. The number of aromatic nitrogens is 1. The monoisotopic (exact) mass is 276 g/mol. The Labute approximate surface area is 116 Å². The second-order valence-electron chi connectivity index (χ2n) is 5.27. The van der Waals surface area contributed by atoms with Crippen LogP contribution in [0.5, 0.6) is 0 Å². The van der Waals surface area contributed by atoms with Gasteiger partial charge in [-0.2, -0.15) is 0 Å². The van der Waals surface area contributed by atoms with Crippen LogP contribution in [0.3, 0.4) is 0 Å². The van der Waals surface area contributed by atoms with E-state index in [9.17, 15) is 4.39 Å². The lowest BCUT2D eigenvalue weighted by Gasteiger charge is -2.40. The van der Waals surface area contributed by atoms with Gasteiger partial charge in [0.1, 0.15) is 5.82 Å². The van der Waals surface area contributed by atoms with E-state index in [1.54, 1.807) is 25.3 Å². The largest absolute Gasteiger partial charge is 0.378 e. The van der Waals surface area contributed by atoms with Crippen molar-refractivity contribution in [2.24, 2.45) is 0 Å². The number of rotatable bonds is 4. The molecule has 1 saturated carbocycles. The van der Waals surface area contributed by atoms with E-state index in [2.05, 4.69) is 5.16 Å². The summed E-state index contributed by atoms with van der Waals surface area (Å²) in [5.74, 6) is -0.181. The Kier molecular flexibility index (Phi) is 3.22. The van der Waals surface area contributed by atoms with Crippen LogP contribution >= 0.6 is 0 Å². The van der Waals surface area contributed by atoms with Gasteiger partial charge in [-0.05, 0) is 25.3 Å². The molecule has 1 aromatic carbocycles. The maximum atomic E-state index is 14.0. The molecule has 4 nitrogen and oxygen atoms in total. The SMILES string of the molecule is COC1(Cc2noc(N)c2-c2ccccc2F)CCC1. The van der Waals surface area contributed by atoms with Gasteiger partial charge in [-0.25, -0.2) is 4.39 Å². The number of ether oxygens (including phenoxy) is 1. The van der Waals surface area contributed by atoms with Crippen molar-refractivity contribution in [1.82, 2.24) is 5.16 Å². The Morgan fingerprint density at radius 3 is 2.75 bits per heavy atom. The molecule has 1 aliphatic carbocycles. The molecule has 20 heavy (non-hydrogen) atoms. The summed E-state index contributed by atoms with van der Waals surface area (Å²) in [6.45, 7) is 0. The standard InChI is InChI=1S/C15H17FN2O2/c1-19-15(7-4-8-15)9-12-13(14(17)20-18-12)10-5-2-3-6-11(10)16/h2-3,5-6H,4,7-9,17H2,1H3. The van der Waals surface area contributed by atoms with Crippen LogP contribution in [0.4, 0.5) is 10.3 Å². The molecule has 0 spiro atoms. The molecule has 1 aromatic heterocycles. The third-order valence-corrected chi connectivity index (χ3v) is 4.12. The number of methoxy groups -OCH3 is 1. The first-order valence-corrected chi connectivity index (χ1v) is 6.69. The van der Waals surface area contributed by atoms with E-state index in [4.69, 9.17) is 15.0 Å². The molecule has 106 valence electrons. The first kappa shape index (κ1) is 13.1. The number of halogens is 1. The van der Waals surface area contributed by atoms with E-state index in [-0.39, 0.29) is 17.3 Å². The summed E-state index contributed by atoms with van der Waals surface area (Å²) in [7, 11) is 1.70. The molecule has 1 heterocycles. The van der Waals surface area contributed by atoms with Gasteiger partial charge in [-0.3, -0.25) is 0 Å². The number of benzene rings is 1. The van der Waals surface area contributed by atoms with Crippen LogP contribution in [0.25, 0.3) is 11.1 Å². The van der Waals surface area contributed by atoms with Gasteiger partial charge in [0, 0.05) is 19.1 Å². The van der Waals surface area contributed by atoms with E-state index in [0.29, 0.717) is 23.2 Å². The van der Waals surface area contributed by atoms with E-state index in [1.165, 1.54) is 6.07 Å². The fourth-order valence-corrected chi connectivity index (χ4v) is 2.74. The number of anilines is 1. The lowest BCUT2D eigenvalue weighted by Crippen LogP contribution is -2.41. The molecule has 3 rings (SSSR count). The van der Waals surface area contributed by atoms with Crippen LogP contribution in [-0.4, -0.2) is 17.9 Å². The van der Waals surface area contributed by atoms with Crippen molar-refractivity contribution >= 4 is 5.88 Å². The molecule has 0 radical (unpaired) electrons. The lowest BCUT2D eigenvalue weighted by molar-refractivity contribution is -0.0717. The molecule has 0 amide bonds. The summed E-state index contributed by atoms with van der Waals surface area (Å²) in [6.07, 6.45) is 3.68. The summed E-state index contributed by atoms with van der Waals surface area (Å²) in [5, 5.41) is 4.00. The molecule has 0 unspecified atom stereocenters. The Morgan fingerprint density at radius 2 is 2.15 bits per heavy atom. The molecule has 0 saturated heterocycles. The van der Waals surface area contributed by atoms with E-state index in [1.807, 2.05) is 0 Å². The smallest absolute Gasteiger partial charge is 0.230 e. The van der Waals surface area contributed by atoms with Crippen LogP contribution in [0, 0.1) is 5.82 Å². The molecule has 1 aliphatic rings. The number of nitrogens with two attached hydrogens (primary N) is 1. The highest BCUT2D eigenvalue weighted by atomic mass is 19.1. The maximum absolute atomic E-state index is 14.0. The summed E-state index contributed by atoms with van der Waals surface area (Å²) in [4.78, 5) is 0. The average Bonchev–Trinajstić information content (AvgIpc) is 2.76. The summed E-state index contributed by atoms with van der Waals surface area (Å²) < 4.78 is 24.6. The maximum Gasteiger partial charge on any atom is 0.230 e. The Hall–Kier alpha value is -1.88. The van der Waals surface area contributed by atoms with Gasteiger partial charge in [0.2, 0.25) is 5.88 Å². The minimum atomic E-state index is -0.330. The topological polar surface area (TPSA) is 61.3 Å². The van der Waals surface area contributed by atoms with Crippen LogP contribution in [-0.2, 0) is 11.2 Å². The summed E-state index contributed by atoms with van der Waals surface area (Å²) in [6, 6.07) is 6.50. The van der Waals surface area contributed by atoms with E-state index < -0.39 is 0 Å². The quantitative estimate of drug-likeness (QED) is 0.931. The molecule has 0 aliphatic heterocycles. The van der Waals surface area contributed by atoms with Crippen molar-refractivity contribution in [3.63, 3.8) is 0 Å². The fourth-order valence-electron chi connectivity index (χ4n) is 2.74. The molecular weight excluding hydrogens is 259 g/mol. The molecule has 2 N–H and O–H groups in total. The minimum absolute atomic E-state index is 0.149. The van der Waals surface area contributed by atoms with E-state index >= 15 is 0 Å². The van der Waals surface area contributed by atoms with Crippen LogP contribution in [0.2, 0.25) is 0 Å². The van der Waals surface area contributed by atoms with E-state index in [0.717, 1.165) is 19.3 Å². The predicted molar refractivity (Wildman–Crippen MR) is 73.6 cm³/mol. The Balaban J connectivity index is 2.00. The molecule has 1 fully saturated rings. The number of nitrogens with zero attached hydrogens (tertiary/aromatic N) is 1. The van der Waals surface area contributed by atoms with Crippen molar-refractivity contribution < 1.29 is 13.7 Å². The number of hydrogen-bond acceptors (Lipinski definition) is 4. The van der Waals surface area contributed by atoms with Crippen molar-refractivity contribution in [3.05, 3.63) is 35.8 Å². The third kappa shape index (κ3) is 2.08. The van der Waals surface area contributed by atoms with Gasteiger partial charge in [0.25, 0.3) is 0 Å². The molecule has 0 atom stereocenters. The first-order chi connectivity index (χ1) is 9.65. The number of hydrogen-bond donors (Lipinski definition) is 1. The van der Waals surface area contributed by atoms with Gasteiger partial charge in [0.15, 0.2) is 0 Å². The van der Waals surface area contributed by atoms with Crippen molar-refractivity contribution in [2.45, 2.75) is 31.3 Å². The second-order valence-corrected chi connectivity index (χ2v) is 5.27. The minimum Gasteiger partial charge on any atom is -0.378 e. The van der Waals surface area contributed by atoms with Crippen LogP contribution in [0.1, 0.15) is 25.0 Å². The average molecular weight is 276 g/mol. The first-order valence-electron chi connectivity index (χ1n) is 6.69. The molecule has 0 bridgehead atoms. The van der Waals surface area contributed by atoms with Gasteiger partial charge in [0.05, 0.1) is 16.9 Å². The highest BCUT2D eigenvalue weighted by Crippen LogP contribution is 2.41. The zero-order valence-corrected chi connectivity index (χ0v) is 11.4.